The first kappa shape index (κ1) is 9.53. The molecule has 2 heteroatoms. The number of benzene rings is 1. The lowest BCUT2D eigenvalue weighted by Crippen LogP contribution is -2.15. The summed E-state index contributed by atoms with van der Waals surface area (Å²) in [5.41, 5.74) is 1.35. The minimum atomic E-state index is 0.252. The Kier molecular flexibility index (Phi) is 3.04. The molecular weight excluding hydrogens is 176 g/mol. The second kappa shape index (κ2) is 4.47. The molecule has 1 aromatic rings. The average Bonchev–Trinajstić information content (AvgIpc) is 2.72. The zero-order valence-electron chi connectivity index (χ0n) is 8.53. The summed E-state index contributed by atoms with van der Waals surface area (Å²) in [5, 5.41) is 0. The van der Waals surface area contributed by atoms with Crippen molar-refractivity contribution >= 4 is 0 Å². The minimum Gasteiger partial charge on any atom is -0.488 e. The van der Waals surface area contributed by atoms with E-state index in [9.17, 15) is 0 Å². The molecule has 1 aliphatic heterocycles. The van der Waals surface area contributed by atoms with Crippen molar-refractivity contribution in [1.29, 1.82) is 0 Å². The Morgan fingerprint density at radius 3 is 2.71 bits per heavy atom. The van der Waals surface area contributed by atoms with E-state index in [2.05, 4.69) is 19.1 Å². The maximum Gasteiger partial charge on any atom is 0.124 e. The van der Waals surface area contributed by atoms with Crippen LogP contribution in [0.2, 0.25) is 0 Å². The van der Waals surface area contributed by atoms with Gasteiger partial charge in [-0.1, -0.05) is 19.1 Å². The third kappa shape index (κ3) is 2.26. The first-order valence-electron chi connectivity index (χ1n) is 5.22. The predicted molar refractivity (Wildman–Crippen MR) is 55.7 cm³/mol. The van der Waals surface area contributed by atoms with Gasteiger partial charge < -0.3 is 9.47 Å². The van der Waals surface area contributed by atoms with Gasteiger partial charge in [-0.2, -0.15) is 0 Å². The third-order valence-corrected chi connectivity index (χ3v) is 2.52. The van der Waals surface area contributed by atoms with Crippen LogP contribution in [0.25, 0.3) is 0 Å². The van der Waals surface area contributed by atoms with Crippen molar-refractivity contribution in [1.82, 2.24) is 0 Å². The Balaban J connectivity index is 1.95. The van der Waals surface area contributed by atoms with Crippen molar-refractivity contribution in [2.75, 3.05) is 13.2 Å². The monoisotopic (exact) mass is 192 g/mol. The van der Waals surface area contributed by atoms with Gasteiger partial charge in [-0.05, 0) is 24.1 Å². The van der Waals surface area contributed by atoms with Crippen molar-refractivity contribution in [3.63, 3.8) is 0 Å². The Hall–Kier alpha value is -1.02. The van der Waals surface area contributed by atoms with Crippen LogP contribution in [0, 0.1) is 0 Å². The van der Waals surface area contributed by atoms with E-state index in [0.29, 0.717) is 0 Å². The van der Waals surface area contributed by atoms with Gasteiger partial charge in [0.05, 0.1) is 13.2 Å². The van der Waals surface area contributed by atoms with Gasteiger partial charge in [-0.3, -0.25) is 0 Å². The summed E-state index contributed by atoms with van der Waals surface area (Å²) in [5.74, 6) is 0.956. The Bertz CT molecular complexity index is 273. The molecule has 0 radical (unpaired) electrons. The van der Waals surface area contributed by atoms with Gasteiger partial charge in [0.25, 0.3) is 0 Å². The maximum absolute atomic E-state index is 5.75. The number of aryl methyl sites for hydroxylation is 1. The molecule has 0 bridgehead atoms. The fraction of sp³-hybridized carbons (Fsp3) is 0.500. The predicted octanol–water partition coefficient (Wildman–Crippen LogP) is 2.42. The van der Waals surface area contributed by atoms with E-state index < -0.39 is 0 Å². The highest BCUT2D eigenvalue weighted by Gasteiger charge is 2.16. The van der Waals surface area contributed by atoms with Crippen molar-refractivity contribution in [3.05, 3.63) is 29.8 Å². The van der Waals surface area contributed by atoms with E-state index in [1.54, 1.807) is 0 Å². The van der Waals surface area contributed by atoms with Gasteiger partial charge in [0, 0.05) is 6.42 Å². The molecular formula is C12H16O2. The van der Waals surface area contributed by atoms with Crippen LogP contribution in [0.1, 0.15) is 18.9 Å². The molecule has 1 saturated heterocycles. The van der Waals surface area contributed by atoms with Gasteiger partial charge in [0.1, 0.15) is 11.9 Å². The van der Waals surface area contributed by atoms with Crippen LogP contribution in [-0.2, 0) is 11.2 Å². The molecule has 0 aliphatic carbocycles. The van der Waals surface area contributed by atoms with Crippen LogP contribution in [0.15, 0.2) is 24.3 Å². The first-order chi connectivity index (χ1) is 6.88. The fourth-order valence-electron chi connectivity index (χ4n) is 1.60. The molecule has 1 aromatic carbocycles. The molecule has 0 N–H and O–H groups in total. The number of hydrogen-bond donors (Lipinski definition) is 0. The van der Waals surface area contributed by atoms with Crippen LogP contribution < -0.4 is 4.74 Å². The van der Waals surface area contributed by atoms with Crippen molar-refractivity contribution in [2.45, 2.75) is 25.9 Å². The zero-order valence-corrected chi connectivity index (χ0v) is 8.53. The molecule has 1 aliphatic rings. The summed E-state index contributed by atoms with van der Waals surface area (Å²) in [6.07, 6.45) is 2.34. The second-order valence-corrected chi connectivity index (χ2v) is 3.60. The van der Waals surface area contributed by atoms with E-state index >= 15 is 0 Å². The fourth-order valence-corrected chi connectivity index (χ4v) is 1.60. The molecule has 1 fully saturated rings. The van der Waals surface area contributed by atoms with E-state index in [1.165, 1.54) is 5.56 Å². The summed E-state index contributed by atoms with van der Waals surface area (Å²) < 4.78 is 11.0. The third-order valence-electron chi connectivity index (χ3n) is 2.52. The number of ether oxygens (including phenoxy) is 2. The lowest BCUT2D eigenvalue weighted by molar-refractivity contribution is 0.141. The largest absolute Gasteiger partial charge is 0.488 e. The van der Waals surface area contributed by atoms with Crippen LogP contribution >= 0.6 is 0 Å². The maximum atomic E-state index is 5.75. The van der Waals surface area contributed by atoms with Gasteiger partial charge in [0.15, 0.2) is 0 Å². The molecule has 2 nitrogen and oxygen atoms in total. The summed E-state index contributed by atoms with van der Waals surface area (Å²) >= 11 is 0. The van der Waals surface area contributed by atoms with Crippen molar-refractivity contribution in [3.8, 4) is 5.75 Å². The van der Waals surface area contributed by atoms with E-state index in [-0.39, 0.29) is 6.10 Å². The van der Waals surface area contributed by atoms with Crippen molar-refractivity contribution < 1.29 is 9.47 Å². The SMILES string of the molecule is CCc1ccc(OC2CCOC2)cc1. The molecule has 14 heavy (non-hydrogen) atoms. The van der Waals surface area contributed by atoms with Crippen molar-refractivity contribution in [2.24, 2.45) is 0 Å². The molecule has 0 saturated carbocycles. The quantitative estimate of drug-likeness (QED) is 0.732. The summed E-state index contributed by atoms with van der Waals surface area (Å²) in [4.78, 5) is 0. The van der Waals surface area contributed by atoms with Crippen LogP contribution in [0.4, 0.5) is 0 Å². The summed E-state index contributed by atoms with van der Waals surface area (Å²) in [7, 11) is 0. The zero-order chi connectivity index (χ0) is 9.80. The highest BCUT2D eigenvalue weighted by Crippen LogP contribution is 2.17. The van der Waals surface area contributed by atoms with E-state index in [0.717, 1.165) is 31.8 Å². The molecule has 1 unspecified atom stereocenters. The van der Waals surface area contributed by atoms with E-state index in [1.807, 2.05) is 12.1 Å². The Morgan fingerprint density at radius 1 is 1.36 bits per heavy atom. The highest BCUT2D eigenvalue weighted by molar-refractivity contribution is 5.27. The summed E-state index contributed by atoms with van der Waals surface area (Å²) in [6.45, 7) is 3.72. The lowest BCUT2D eigenvalue weighted by atomic mass is 10.2. The smallest absolute Gasteiger partial charge is 0.124 e. The van der Waals surface area contributed by atoms with Gasteiger partial charge in [-0.25, -0.2) is 0 Å². The molecule has 0 spiro atoms. The molecule has 2 rings (SSSR count). The summed E-state index contributed by atoms with van der Waals surface area (Å²) in [6, 6.07) is 8.31. The van der Waals surface area contributed by atoms with Gasteiger partial charge in [0.2, 0.25) is 0 Å². The normalized spacial score (nSPS) is 21.1. The molecule has 0 amide bonds. The van der Waals surface area contributed by atoms with E-state index in [4.69, 9.17) is 9.47 Å². The highest BCUT2D eigenvalue weighted by atomic mass is 16.5. The second-order valence-electron chi connectivity index (χ2n) is 3.60. The number of hydrogen-bond acceptors (Lipinski definition) is 2. The molecule has 0 aromatic heterocycles. The topological polar surface area (TPSA) is 18.5 Å². The lowest BCUT2D eigenvalue weighted by Gasteiger charge is -2.11. The standard InChI is InChI=1S/C12H16O2/c1-2-10-3-5-11(6-4-10)14-12-7-8-13-9-12/h3-6,12H,2,7-9H2,1H3. The van der Waals surface area contributed by atoms with Crippen LogP contribution in [-0.4, -0.2) is 19.3 Å². The Morgan fingerprint density at radius 2 is 2.14 bits per heavy atom. The van der Waals surface area contributed by atoms with Gasteiger partial charge in [-0.15, -0.1) is 0 Å². The molecule has 1 heterocycles. The molecule has 1 atom stereocenters. The average molecular weight is 192 g/mol. The van der Waals surface area contributed by atoms with Crippen LogP contribution in [0.5, 0.6) is 5.75 Å². The minimum absolute atomic E-state index is 0.252. The van der Waals surface area contributed by atoms with Crippen LogP contribution in [0.3, 0.4) is 0 Å². The first-order valence-corrected chi connectivity index (χ1v) is 5.22. The molecule has 76 valence electrons. The number of rotatable bonds is 3. The van der Waals surface area contributed by atoms with Gasteiger partial charge >= 0.3 is 0 Å². The Labute approximate surface area is 84.8 Å².